The van der Waals surface area contributed by atoms with Gasteiger partial charge in [-0.2, -0.15) is 36.9 Å². The Hall–Kier alpha value is -5.13. The van der Waals surface area contributed by atoms with Gasteiger partial charge in [0.05, 0.1) is 90.9 Å². The minimum Gasteiger partial charge on any atom is -0.508 e. The van der Waals surface area contributed by atoms with E-state index in [0.717, 1.165) is 18.2 Å². The van der Waals surface area contributed by atoms with Crippen LogP contribution in [0.2, 0.25) is 15.1 Å². The van der Waals surface area contributed by atoms with E-state index in [-0.39, 0.29) is 61.7 Å². The molecule has 384 valence electrons. The number of amides is 2. The Kier molecular flexibility index (Phi) is 15.9. The maximum Gasteiger partial charge on any atom is 0.416 e. The molecule has 4 saturated carbocycles. The maximum atomic E-state index is 13.5. The van der Waals surface area contributed by atoms with Gasteiger partial charge in [-0.05, 0) is 111 Å². The normalized spacial score (nSPS) is 23.2. The van der Waals surface area contributed by atoms with E-state index < -0.39 is 120 Å². The molecule has 0 spiro atoms. The molecule has 72 heavy (non-hydrogen) atoms. The fourth-order valence-electron chi connectivity index (χ4n) is 8.77. The quantitative estimate of drug-likeness (QED) is 0.101. The highest BCUT2D eigenvalue weighted by atomic mass is 35.5. The number of aromatic hydroxyl groups is 1. The van der Waals surface area contributed by atoms with Crippen molar-refractivity contribution < 1.29 is 67.3 Å². The Labute approximate surface area is 425 Å². The zero-order chi connectivity index (χ0) is 52.6. The van der Waals surface area contributed by atoms with Gasteiger partial charge in [-0.25, -0.2) is 16.8 Å². The standard InChI is InChI=1S/C24H21Cl2F3N2O4S.C24H22ClF3N2O5S/c25-15-6-5-14(18(9-15)24(27,28)29)12-35-20-11-16(36(33,34)21-4-2-1-3-19(21)26)10-17(20)22(32)31-23(13-30)7-8-23;25-19-3-1-2-4-21(19)36(33,34)16-10-17(22(32)30-23(13-29)7-8-23)20(11-16)35-12-14-5-6-15(31)9-18(14)24(26,27)28/h1-6,9,16-17,20H,7-8,10-12H2,(H,31,32);1-6,9,16-17,20,31H,7-8,10-12H2,(H,30,32)/t2*16-,17-,20-/m01/s1. The molecule has 4 aromatic rings. The third-order valence-electron chi connectivity index (χ3n) is 13.1. The summed E-state index contributed by atoms with van der Waals surface area (Å²) in [6, 6.07) is 21.8. The van der Waals surface area contributed by atoms with E-state index in [4.69, 9.17) is 44.3 Å². The molecule has 24 heteroatoms. The summed E-state index contributed by atoms with van der Waals surface area (Å²) in [5, 5.41) is 31.3. The predicted octanol–water partition coefficient (Wildman–Crippen LogP) is 9.70. The highest BCUT2D eigenvalue weighted by molar-refractivity contribution is 7.92. The second-order valence-corrected chi connectivity index (χ2v) is 23.7. The Balaban J connectivity index is 0.000000211. The van der Waals surface area contributed by atoms with Crippen molar-refractivity contribution in [3.8, 4) is 17.9 Å². The summed E-state index contributed by atoms with van der Waals surface area (Å²) in [6.45, 7) is -1.07. The first-order valence-electron chi connectivity index (χ1n) is 22.1. The summed E-state index contributed by atoms with van der Waals surface area (Å²) in [6.07, 6.45) is -10.2. The van der Waals surface area contributed by atoms with Gasteiger partial charge in [0.25, 0.3) is 0 Å². The lowest BCUT2D eigenvalue weighted by Gasteiger charge is -2.22. The molecule has 4 aliphatic carbocycles. The molecule has 4 fully saturated rings. The summed E-state index contributed by atoms with van der Waals surface area (Å²) in [5.41, 5.74) is -4.55. The van der Waals surface area contributed by atoms with Gasteiger partial charge in [-0.3, -0.25) is 9.59 Å². The van der Waals surface area contributed by atoms with Gasteiger partial charge in [-0.15, -0.1) is 0 Å². The van der Waals surface area contributed by atoms with Crippen LogP contribution in [0.15, 0.2) is 94.7 Å². The van der Waals surface area contributed by atoms with E-state index in [2.05, 4.69) is 10.6 Å². The van der Waals surface area contributed by atoms with Crippen LogP contribution in [0.1, 0.15) is 73.6 Å². The van der Waals surface area contributed by atoms with Crippen LogP contribution >= 0.6 is 34.8 Å². The first-order valence-corrected chi connectivity index (χ1v) is 26.4. The molecular formula is C48H43Cl3F6N4O9S2. The van der Waals surface area contributed by atoms with Gasteiger partial charge in [0.2, 0.25) is 11.8 Å². The smallest absolute Gasteiger partial charge is 0.416 e. The van der Waals surface area contributed by atoms with Crippen molar-refractivity contribution in [1.29, 1.82) is 10.5 Å². The van der Waals surface area contributed by atoms with E-state index in [1.54, 1.807) is 12.1 Å². The molecule has 0 unspecified atom stereocenters. The zero-order valence-corrected chi connectivity index (χ0v) is 41.3. The number of hydrogen-bond donors (Lipinski definition) is 3. The summed E-state index contributed by atoms with van der Waals surface area (Å²) in [7, 11) is -7.97. The number of nitrogens with one attached hydrogen (secondary N) is 2. The lowest BCUT2D eigenvalue weighted by Crippen LogP contribution is -2.42. The molecule has 13 nitrogen and oxygen atoms in total. The number of rotatable bonds is 14. The molecule has 4 aromatic carbocycles. The number of phenolic OH excluding ortho intramolecular Hbond substituents is 1. The second-order valence-electron chi connectivity index (χ2n) is 18.1. The number of phenols is 1. The van der Waals surface area contributed by atoms with Crippen molar-refractivity contribution in [2.24, 2.45) is 11.8 Å². The number of sulfone groups is 2. The Morgan fingerprint density at radius 2 is 1.01 bits per heavy atom. The van der Waals surface area contributed by atoms with E-state index in [1.165, 1.54) is 48.5 Å². The number of hydrogen-bond acceptors (Lipinski definition) is 11. The number of benzene rings is 4. The van der Waals surface area contributed by atoms with Crippen molar-refractivity contribution in [1.82, 2.24) is 10.6 Å². The molecule has 4 aliphatic rings. The van der Waals surface area contributed by atoms with Crippen molar-refractivity contribution in [2.75, 3.05) is 0 Å². The minimum atomic E-state index is -4.76. The molecule has 6 atom stereocenters. The number of carbonyl (C=O) groups excluding carboxylic acids is 2. The van der Waals surface area contributed by atoms with E-state index in [9.17, 15) is 68.4 Å². The zero-order valence-electron chi connectivity index (χ0n) is 37.4. The van der Waals surface area contributed by atoms with Crippen LogP contribution in [0.25, 0.3) is 0 Å². The van der Waals surface area contributed by atoms with Crippen LogP contribution in [-0.4, -0.2) is 67.5 Å². The predicted molar refractivity (Wildman–Crippen MR) is 248 cm³/mol. The van der Waals surface area contributed by atoms with Gasteiger partial charge >= 0.3 is 12.4 Å². The lowest BCUT2D eigenvalue weighted by molar-refractivity contribution is -0.140. The highest BCUT2D eigenvalue weighted by Gasteiger charge is 2.52. The molecule has 8 rings (SSSR count). The molecule has 0 radical (unpaired) electrons. The van der Waals surface area contributed by atoms with Crippen LogP contribution in [0.5, 0.6) is 5.75 Å². The Morgan fingerprint density at radius 1 is 0.625 bits per heavy atom. The maximum absolute atomic E-state index is 13.5. The fourth-order valence-corrected chi connectivity index (χ4v) is 13.6. The number of ether oxygens (including phenoxy) is 2. The largest absolute Gasteiger partial charge is 0.508 e. The average Bonchev–Trinajstić information content (AvgIpc) is 4.17. The van der Waals surface area contributed by atoms with Crippen molar-refractivity contribution in [3.05, 3.63) is 122 Å². The van der Waals surface area contributed by atoms with Crippen molar-refractivity contribution in [2.45, 2.75) is 121 Å². The molecular weight excluding hydrogens is 1060 g/mol. The van der Waals surface area contributed by atoms with Crippen LogP contribution < -0.4 is 10.6 Å². The second kappa shape index (κ2) is 21.0. The minimum absolute atomic E-state index is 0.0168. The van der Waals surface area contributed by atoms with Gasteiger partial charge in [0, 0.05) is 5.02 Å². The number of alkyl halides is 6. The number of carbonyl (C=O) groups is 2. The van der Waals surface area contributed by atoms with Crippen LogP contribution in [0.3, 0.4) is 0 Å². The van der Waals surface area contributed by atoms with Crippen molar-refractivity contribution >= 4 is 66.3 Å². The van der Waals surface area contributed by atoms with Crippen LogP contribution in [0, 0.1) is 34.5 Å². The van der Waals surface area contributed by atoms with Gasteiger partial charge < -0.3 is 25.2 Å². The monoisotopic (exact) mass is 1100 g/mol. The molecule has 3 N–H and O–H groups in total. The Morgan fingerprint density at radius 3 is 1.39 bits per heavy atom. The van der Waals surface area contributed by atoms with Gasteiger partial charge in [0.1, 0.15) is 16.8 Å². The number of nitriles is 2. The van der Waals surface area contributed by atoms with E-state index in [1.807, 2.05) is 12.1 Å². The molecule has 0 aliphatic heterocycles. The first kappa shape index (κ1) is 54.6. The van der Waals surface area contributed by atoms with E-state index in [0.29, 0.717) is 31.7 Å². The van der Waals surface area contributed by atoms with Crippen LogP contribution in [0.4, 0.5) is 26.3 Å². The summed E-state index contributed by atoms with van der Waals surface area (Å²) in [5.74, 6) is -3.72. The highest BCUT2D eigenvalue weighted by Crippen LogP contribution is 2.44. The third kappa shape index (κ3) is 12.3. The molecule has 0 heterocycles. The average molecular weight is 1100 g/mol. The number of halogens is 9. The summed E-state index contributed by atoms with van der Waals surface area (Å²) in [4.78, 5) is 25.9. The molecule has 2 amide bonds. The Bertz CT molecular complexity index is 2850. The molecule has 0 saturated heterocycles. The topological polar surface area (TPSA) is 213 Å². The third-order valence-corrected chi connectivity index (χ3v) is 18.7. The molecule has 0 aromatic heterocycles. The SMILES string of the molecule is N#CC1(NC(=O)[C@@H]2C[C@@H](S(=O)(=O)c3ccccc3Cl)C[C@H]2OCc2ccc(O)cc2C(F)(F)F)CC1.N#CC1(NC(=O)[C@H]2C[C@H](S(=O)(=O)c3ccccc3Cl)C[C@@H]2OCc2ccc(Cl)cc2C(F)(F)F)CC1. The van der Waals surface area contributed by atoms with Gasteiger partial charge in [0.15, 0.2) is 19.7 Å². The number of nitrogens with zero attached hydrogens (tertiary/aromatic N) is 2. The van der Waals surface area contributed by atoms with Crippen molar-refractivity contribution in [3.63, 3.8) is 0 Å². The first-order chi connectivity index (χ1) is 33.7. The van der Waals surface area contributed by atoms with E-state index >= 15 is 0 Å². The fraction of sp³-hybridized carbons (Fsp3) is 0.417. The summed E-state index contributed by atoms with van der Waals surface area (Å²) >= 11 is 17.9. The molecule has 0 bridgehead atoms. The van der Waals surface area contributed by atoms with Crippen LogP contribution in [-0.2, 0) is 64.3 Å². The lowest BCUT2D eigenvalue weighted by atomic mass is 10.0. The van der Waals surface area contributed by atoms with Gasteiger partial charge in [-0.1, -0.05) is 71.2 Å². The summed E-state index contributed by atoms with van der Waals surface area (Å²) < 4.78 is 146.